The van der Waals surface area contributed by atoms with Crippen molar-refractivity contribution >= 4 is 0 Å². The number of aryl methyl sites for hydroxylation is 1. The monoisotopic (exact) mass is 192 g/mol. The largest absolute Gasteiger partial charge is 0.496 e. The van der Waals surface area contributed by atoms with Crippen LogP contribution in [0.1, 0.15) is 24.2 Å². The molecule has 0 amide bonds. The number of benzene rings is 1. The molecule has 1 aromatic rings. The van der Waals surface area contributed by atoms with Crippen molar-refractivity contribution in [1.29, 1.82) is 0 Å². The van der Waals surface area contributed by atoms with Gasteiger partial charge >= 0.3 is 0 Å². The highest BCUT2D eigenvalue weighted by Gasteiger charge is 2.13. The Hall–Kier alpha value is -1.28. The second-order valence-electron chi connectivity index (χ2n) is 3.49. The molecule has 0 spiro atoms. The third-order valence-electron chi connectivity index (χ3n) is 2.15. The van der Waals surface area contributed by atoms with Gasteiger partial charge in [0.15, 0.2) is 0 Å². The number of ether oxygens (including phenoxy) is 1. The number of aliphatic hydroxyl groups excluding tert-OH is 1. The van der Waals surface area contributed by atoms with Crippen molar-refractivity contribution in [1.82, 2.24) is 0 Å². The van der Waals surface area contributed by atoms with Gasteiger partial charge in [0.05, 0.1) is 7.11 Å². The fraction of sp³-hybridized carbons (Fsp3) is 0.333. The van der Waals surface area contributed by atoms with Crippen LogP contribution in [0.2, 0.25) is 0 Å². The van der Waals surface area contributed by atoms with Gasteiger partial charge in [-0.2, -0.15) is 0 Å². The maximum atomic E-state index is 9.85. The molecule has 0 aliphatic carbocycles. The van der Waals surface area contributed by atoms with Crippen LogP contribution in [0.4, 0.5) is 0 Å². The van der Waals surface area contributed by atoms with E-state index in [1.807, 2.05) is 25.1 Å². The molecule has 1 aromatic carbocycles. The van der Waals surface area contributed by atoms with Crippen molar-refractivity contribution in [3.05, 3.63) is 41.5 Å². The molecule has 76 valence electrons. The molecule has 0 bridgehead atoms. The lowest BCUT2D eigenvalue weighted by Gasteiger charge is -2.15. The lowest BCUT2D eigenvalue weighted by Crippen LogP contribution is -2.01. The Kier molecular flexibility index (Phi) is 3.31. The number of rotatable bonds is 3. The van der Waals surface area contributed by atoms with Gasteiger partial charge < -0.3 is 9.84 Å². The molecule has 2 nitrogen and oxygen atoms in total. The average Bonchev–Trinajstić information content (AvgIpc) is 2.16. The molecule has 1 unspecified atom stereocenters. The molecule has 0 aliphatic rings. The van der Waals surface area contributed by atoms with E-state index in [1.165, 1.54) is 0 Å². The first-order valence-corrected chi connectivity index (χ1v) is 4.54. The quantitative estimate of drug-likeness (QED) is 0.746. The van der Waals surface area contributed by atoms with Crippen LogP contribution in [0.3, 0.4) is 0 Å². The second kappa shape index (κ2) is 4.29. The highest BCUT2D eigenvalue weighted by Crippen LogP contribution is 2.29. The van der Waals surface area contributed by atoms with Crippen LogP contribution < -0.4 is 4.74 Å². The van der Waals surface area contributed by atoms with E-state index < -0.39 is 6.10 Å². The summed E-state index contributed by atoms with van der Waals surface area (Å²) in [7, 11) is 1.60. The Morgan fingerprint density at radius 1 is 1.50 bits per heavy atom. The lowest BCUT2D eigenvalue weighted by molar-refractivity contribution is 0.211. The molecule has 1 atom stereocenters. The molecular formula is C12H16O2. The van der Waals surface area contributed by atoms with E-state index in [0.29, 0.717) is 11.3 Å². The fourth-order valence-electron chi connectivity index (χ4n) is 1.33. The summed E-state index contributed by atoms with van der Waals surface area (Å²) in [4.78, 5) is 0. The molecule has 0 heterocycles. The molecular weight excluding hydrogens is 176 g/mol. The molecule has 0 aliphatic heterocycles. The Labute approximate surface area is 84.8 Å². The second-order valence-corrected chi connectivity index (χ2v) is 3.49. The molecule has 0 saturated heterocycles. The van der Waals surface area contributed by atoms with Gasteiger partial charge in [0, 0.05) is 5.56 Å². The predicted octanol–water partition coefficient (Wildman–Crippen LogP) is 2.61. The summed E-state index contributed by atoms with van der Waals surface area (Å²) in [5, 5.41) is 9.85. The van der Waals surface area contributed by atoms with Crippen LogP contribution in [-0.4, -0.2) is 12.2 Å². The van der Waals surface area contributed by atoms with Crippen LogP contribution in [0.5, 0.6) is 5.75 Å². The minimum absolute atomic E-state index is 0.648. The summed E-state index contributed by atoms with van der Waals surface area (Å²) in [5.74, 6) is 0.700. The van der Waals surface area contributed by atoms with Gasteiger partial charge in [0.1, 0.15) is 11.9 Å². The van der Waals surface area contributed by atoms with Crippen LogP contribution in [0.15, 0.2) is 30.4 Å². The maximum absolute atomic E-state index is 9.85. The Morgan fingerprint density at radius 2 is 2.14 bits per heavy atom. The van der Waals surface area contributed by atoms with Gasteiger partial charge in [-0.15, -0.1) is 0 Å². The van der Waals surface area contributed by atoms with Gasteiger partial charge in [0.25, 0.3) is 0 Å². The van der Waals surface area contributed by atoms with E-state index in [9.17, 15) is 5.11 Å². The SMILES string of the molecule is C=C(C)C(O)c1cc(C)ccc1OC. The molecule has 0 aromatic heterocycles. The Bertz CT molecular complexity index is 342. The normalized spacial score (nSPS) is 12.3. The zero-order valence-electron chi connectivity index (χ0n) is 8.87. The van der Waals surface area contributed by atoms with Crippen LogP contribution in [0, 0.1) is 6.92 Å². The zero-order valence-corrected chi connectivity index (χ0v) is 8.87. The third kappa shape index (κ3) is 2.15. The number of methoxy groups -OCH3 is 1. The first-order chi connectivity index (χ1) is 6.56. The van der Waals surface area contributed by atoms with Crippen molar-refractivity contribution in [2.45, 2.75) is 20.0 Å². The summed E-state index contributed by atoms with van der Waals surface area (Å²) in [6.07, 6.45) is -0.648. The van der Waals surface area contributed by atoms with E-state index in [4.69, 9.17) is 4.74 Å². The first kappa shape index (κ1) is 10.8. The summed E-state index contributed by atoms with van der Waals surface area (Å²) >= 11 is 0. The van der Waals surface area contributed by atoms with Crippen LogP contribution in [-0.2, 0) is 0 Å². The summed E-state index contributed by atoms with van der Waals surface area (Å²) in [6, 6.07) is 5.72. The summed E-state index contributed by atoms with van der Waals surface area (Å²) in [6.45, 7) is 7.51. The van der Waals surface area contributed by atoms with Gasteiger partial charge in [-0.05, 0) is 31.6 Å². The van der Waals surface area contributed by atoms with Crippen LogP contribution in [0.25, 0.3) is 0 Å². The minimum atomic E-state index is -0.648. The standard InChI is InChI=1S/C12H16O2/c1-8(2)12(13)10-7-9(3)5-6-11(10)14-4/h5-7,12-13H,1H2,2-4H3. The van der Waals surface area contributed by atoms with Gasteiger partial charge in [0.2, 0.25) is 0 Å². The van der Waals surface area contributed by atoms with Crippen LogP contribution >= 0.6 is 0 Å². The van der Waals surface area contributed by atoms with Crippen molar-refractivity contribution in [3.63, 3.8) is 0 Å². The number of hydrogen-bond donors (Lipinski definition) is 1. The Morgan fingerprint density at radius 3 is 2.64 bits per heavy atom. The summed E-state index contributed by atoms with van der Waals surface area (Å²) in [5.41, 5.74) is 2.59. The average molecular weight is 192 g/mol. The minimum Gasteiger partial charge on any atom is -0.496 e. The molecule has 2 heteroatoms. The molecule has 1 rings (SSSR count). The van der Waals surface area contributed by atoms with Crippen molar-refractivity contribution < 1.29 is 9.84 Å². The number of hydrogen-bond acceptors (Lipinski definition) is 2. The van der Waals surface area contributed by atoms with Crippen molar-refractivity contribution in [2.24, 2.45) is 0 Å². The van der Waals surface area contributed by atoms with E-state index in [-0.39, 0.29) is 0 Å². The highest BCUT2D eigenvalue weighted by molar-refractivity contribution is 5.40. The van der Waals surface area contributed by atoms with E-state index in [2.05, 4.69) is 6.58 Å². The molecule has 1 N–H and O–H groups in total. The van der Waals surface area contributed by atoms with Gasteiger partial charge in [-0.3, -0.25) is 0 Å². The van der Waals surface area contributed by atoms with Gasteiger partial charge in [-0.1, -0.05) is 18.2 Å². The highest BCUT2D eigenvalue weighted by atomic mass is 16.5. The van der Waals surface area contributed by atoms with Gasteiger partial charge in [-0.25, -0.2) is 0 Å². The topological polar surface area (TPSA) is 29.5 Å². The predicted molar refractivity (Wildman–Crippen MR) is 57.5 cm³/mol. The van der Waals surface area contributed by atoms with E-state index in [0.717, 1.165) is 11.1 Å². The van der Waals surface area contributed by atoms with Crippen molar-refractivity contribution in [3.8, 4) is 5.75 Å². The zero-order chi connectivity index (χ0) is 10.7. The first-order valence-electron chi connectivity index (χ1n) is 4.54. The van der Waals surface area contributed by atoms with Crippen molar-refractivity contribution in [2.75, 3.05) is 7.11 Å². The lowest BCUT2D eigenvalue weighted by atomic mass is 10.0. The molecule has 0 radical (unpaired) electrons. The fourth-order valence-corrected chi connectivity index (χ4v) is 1.33. The van der Waals surface area contributed by atoms with E-state index >= 15 is 0 Å². The number of aliphatic hydroxyl groups is 1. The maximum Gasteiger partial charge on any atom is 0.125 e. The Balaban J connectivity index is 3.16. The molecule has 0 saturated carbocycles. The third-order valence-corrected chi connectivity index (χ3v) is 2.15. The molecule has 0 fully saturated rings. The smallest absolute Gasteiger partial charge is 0.125 e. The van der Waals surface area contributed by atoms with E-state index in [1.54, 1.807) is 14.0 Å². The summed E-state index contributed by atoms with van der Waals surface area (Å²) < 4.78 is 5.17. The molecule has 14 heavy (non-hydrogen) atoms.